The van der Waals surface area contributed by atoms with E-state index in [0.717, 1.165) is 115 Å². The van der Waals surface area contributed by atoms with Crippen molar-refractivity contribution in [1.29, 1.82) is 0 Å². The molecule has 19 heteroatoms. The van der Waals surface area contributed by atoms with Gasteiger partial charge in [0.1, 0.15) is 19.3 Å². The van der Waals surface area contributed by atoms with E-state index in [0.29, 0.717) is 25.7 Å². The van der Waals surface area contributed by atoms with Crippen molar-refractivity contribution in [3.63, 3.8) is 0 Å². The van der Waals surface area contributed by atoms with Crippen molar-refractivity contribution in [3.05, 3.63) is 0 Å². The number of carbonyl (C=O) groups excluding carboxylic acids is 4. The fourth-order valence-corrected chi connectivity index (χ4v) is 11.7. The Kier molecular flexibility index (Phi) is 59.2. The molecule has 0 aromatic rings. The van der Waals surface area contributed by atoms with E-state index in [4.69, 9.17) is 37.0 Å². The van der Waals surface area contributed by atoms with Gasteiger partial charge >= 0.3 is 39.5 Å². The molecule has 0 aromatic carbocycles. The molecule has 5 atom stereocenters. The second kappa shape index (κ2) is 60.6. The Bertz CT molecular complexity index is 1670. The number of rotatable bonds is 67. The second-order valence-electron chi connectivity index (χ2n) is 24.7. The lowest BCUT2D eigenvalue weighted by molar-refractivity contribution is -0.161. The average Bonchev–Trinajstić information content (AvgIpc) is 3.60. The highest BCUT2D eigenvalue weighted by atomic mass is 31.2. The van der Waals surface area contributed by atoms with Gasteiger partial charge in [-0.15, -0.1) is 0 Å². The molecule has 510 valence electrons. The van der Waals surface area contributed by atoms with Crippen LogP contribution in [-0.4, -0.2) is 96.7 Å². The van der Waals surface area contributed by atoms with Gasteiger partial charge in [-0.05, 0) is 31.6 Å². The summed E-state index contributed by atoms with van der Waals surface area (Å²) in [5.74, 6) is -1.35. The Labute approximate surface area is 524 Å². The number of phosphoric acid groups is 2. The Morgan fingerprint density at radius 2 is 0.535 bits per heavy atom. The first-order valence-corrected chi connectivity index (χ1v) is 38.1. The maximum absolute atomic E-state index is 13.0. The third kappa shape index (κ3) is 60.9. The Morgan fingerprint density at radius 3 is 0.791 bits per heavy atom. The van der Waals surface area contributed by atoms with E-state index >= 15 is 0 Å². The van der Waals surface area contributed by atoms with E-state index in [2.05, 4.69) is 34.6 Å². The van der Waals surface area contributed by atoms with E-state index in [1.54, 1.807) is 0 Å². The molecule has 86 heavy (non-hydrogen) atoms. The van der Waals surface area contributed by atoms with E-state index in [1.165, 1.54) is 148 Å². The molecule has 0 saturated heterocycles. The maximum Gasteiger partial charge on any atom is 0.472 e. The van der Waals surface area contributed by atoms with Crippen LogP contribution in [-0.2, 0) is 65.4 Å². The standard InChI is InChI=1S/C67H130O17P2/c1-6-9-12-15-18-20-21-22-23-26-29-32-37-41-46-51-65(70)78-57-63(84-67(72)53-48-43-38-33-30-27-24-25-28-31-35-39-44-49-60(4)5)59-82-86(75,76)80-55-61(68)54-79-85(73,74)81-58-62(56-77-64(69)50-45-40-34-17-14-11-8-3)83-66(71)52-47-42-36-19-16-13-10-7-2/h60-63,68H,6-59H2,1-5H3,(H,73,74)(H,75,76)/t61-,62+,63+/m0/s1. The molecule has 0 aliphatic heterocycles. The van der Waals surface area contributed by atoms with E-state index < -0.39 is 97.5 Å². The highest BCUT2D eigenvalue weighted by molar-refractivity contribution is 7.47. The lowest BCUT2D eigenvalue weighted by Crippen LogP contribution is -2.30. The summed E-state index contributed by atoms with van der Waals surface area (Å²) in [6.45, 7) is 7.17. The molecule has 3 N–H and O–H groups in total. The molecular weight excluding hydrogens is 1140 g/mol. The number of aliphatic hydroxyl groups is 1. The number of esters is 4. The van der Waals surface area contributed by atoms with Gasteiger partial charge in [0.05, 0.1) is 26.4 Å². The number of ether oxygens (including phenoxy) is 4. The van der Waals surface area contributed by atoms with Crippen molar-refractivity contribution >= 4 is 39.5 Å². The third-order valence-corrected chi connectivity index (χ3v) is 17.4. The van der Waals surface area contributed by atoms with Gasteiger partial charge in [0.15, 0.2) is 12.2 Å². The predicted octanol–water partition coefficient (Wildman–Crippen LogP) is 19.0. The summed E-state index contributed by atoms with van der Waals surface area (Å²) < 4.78 is 68.0. The van der Waals surface area contributed by atoms with Gasteiger partial charge in [-0.2, -0.15) is 0 Å². The predicted molar refractivity (Wildman–Crippen MR) is 345 cm³/mol. The van der Waals surface area contributed by atoms with E-state index in [1.807, 2.05) is 0 Å². The molecule has 0 heterocycles. The summed E-state index contributed by atoms with van der Waals surface area (Å²) in [7, 11) is -9.88. The first-order chi connectivity index (χ1) is 41.5. The van der Waals surface area contributed by atoms with Gasteiger partial charge in [-0.3, -0.25) is 37.3 Å². The minimum atomic E-state index is -4.95. The molecule has 0 radical (unpaired) electrons. The summed E-state index contributed by atoms with van der Waals surface area (Å²) >= 11 is 0. The molecule has 0 amide bonds. The van der Waals surface area contributed by atoms with Crippen LogP contribution in [0.3, 0.4) is 0 Å². The Balaban J connectivity index is 5.18. The van der Waals surface area contributed by atoms with Gasteiger partial charge in [0, 0.05) is 25.7 Å². The lowest BCUT2D eigenvalue weighted by atomic mass is 10.0. The van der Waals surface area contributed by atoms with Gasteiger partial charge in [0.25, 0.3) is 0 Å². The normalized spacial score (nSPS) is 14.2. The SMILES string of the molecule is CCCCCCCCCCCCCCCCCC(=O)OC[C@H](COP(=O)(O)OC[C@@H](O)COP(=O)(O)OC[C@@H](COC(=O)CCCCCCCCC)OC(=O)CCCCCCCCCC)OC(=O)CCCCCCCCCCCCCCCC(C)C. The number of phosphoric ester groups is 2. The second-order valence-corrected chi connectivity index (χ2v) is 27.6. The van der Waals surface area contributed by atoms with Crippen LogP contribution < -0.4 is 0 Å². The monoisotopic (exact) mass is 1270 g/mol. The molecule has 0 fully saturated rings. The third-order valence-electron chi connectivity index (χ3n) is 15.5. The zero-order valence-corrected chi connectivity index (χ0v) is 57.2. The molecule has 17 nitrogen and oxygen atoms in total. The first-order valence-electron chi connectivity index (χ1n) is 35.1. The highest BCUT2D eigenvalue weighted by Gasteiger charge is 2.30. The minimum absolute atomic E-state index is 0.105. The highest BCUT2D eigenvalue weighted by Crippen LogP contribution is 2.45. The molecule has 0 bridgehead atoms. The summed E-state index contributed by atoms with van der Waals surface area (Å²) in [6.07, 6.45) is 46.0. The number of aliphatic hydroxyl groups excluding tert-OH is 1. The van der Waals surface area contributed by atoms with Crippen molar-refractivity contribution in [2.45, 2.75) is 361 Å². The van der Waals surface area contributed by atoms with Crippen LogP contribution in [0, 0.1) is 5.92 Å². The van der Waals surface area contributed by atoms with Crippen LogP contribution in [0.2, 0.25) is 0 Å². The number of hydrogen-bond acceptors (Lipinski definition) is 15. The van der Waals surface area contributed by atoms with Crippen molar-refractivity contribution in [3.8, 4) is 0 Å². The van der Waals surface area contributed by atoms with Crippen LogP contribution in [0.15, 0.2) is 0 Å². The average molecular weight is 1270 g/mol. The van der Waals surface area contributed by atoms with Crippen molar-refractivity contribution in [2.75, 3.05) is 39.6 Å². The lowest BCUT2D eigenvalue weighted by Gasteiger charge is -2.21. The minimum Gasteiger partial charge on any atom is -0.462 e. The van der Waals surface area contributed by atoms with Gasteiger partial charge < -0.3 is 33.8 Å². The molecule has 0 saturated carbocycles. The molecule has 0 aromatic heterocycles. The van der Waals surface area contributed by atoms with Gasteiger partial charge in [0.2, 0.25) is 0 Å². The summed E-state index contributed by atoms with van der Waals surface area (Å²) in [6, 6.07) is 0. The van der Waals surface area contributed by atoms with Crippen LogP contribution in [0.25, 0.3) is 0 Å². The number of carbonyl (C=O) groups is 4. The topological polar surface area (TPSA) is 237 Å². The quantitative estimate of drug-likeness (QED) is 0.0222. The molecule has 0 spiro atoms. The van der Waals surface area contributed by atoms with Crippen molar-refractivity contribution in [2.24, 2.45) is 5.92 Å². The van der Waals surface area contributed by atoms with E-state index in [-0.39, 0.29) is 25.7 Å². The van der Waals surface area contributed by atoms with Crippen molar-refractivity contribution < 1.29 is 80.2 Å². The molecule has 0 aliphatic carbocycles. The fraction of sp³-hybridized carbons (Fsp3) is 0.940. The van der Waals surface area contributed by atoms with Crippen molar-refractivity contribution in [1.82, 2.24) is 0 Å². The molecule has 0 aliphatic rings. The first kappa shape index (κ1) is 84.1. The number of unbranched alkanes of at least 4 members (excludes halogenated alkanes) is 39. The number of hydrogen-bond donors (Lipinski definition) is 3. The molecular formula is C67H130O17P2. The largest absolute Gasteiger partial charge is 0.472 e. The molecule has 0 rings (SSSR count). The van der Waals surface area contributed by atoms with E-state index in [9.17, 15) is 43.2 Å². The van der Waals surface area contributed by atoms with Crippen LogP contribution >= 0.6 is 15.6 Å². The summed E-state index contributed by atoms with van der Waals surface area (Å²) in [5, 5.41) is 10.5. The summed E-state index contributed by atoms with van der Waals surface area (Å²) in [5.41, 5.74) is 0. The summed E-state index contributed by atoms with van der Waals surface area (Å²) in [4.78, 5) is 72.2. The molecule has 2 unspecified atom stereocenters. The van der Waals surface area contributed by atoms with Gasteiger partial charge in [-0.25, -0.2) is 9.13 Å². The zero-order chi connectivity index (χ0) is 63.5. The van der Waals surface area contributed by atoms with Crippen LogP contribution in [0.5, 0.6) is 0 Å². The smallest absolute Gasteiger partial charge is 0.462 e. The van der Waals surface area contributed by atoms with Gasteiger partial charge in [-0.1, -0.05) is 291 Å². The Hall–Kier alpha value is -1.94. The van der Waals surface area contributed by atoms with Crippen LogP contribution in [0.1, 0.15) is 343 Å². The maximum atomic E-state index is 13.0. The zero-order valence-electron chi connectivity index (χ0n) is 55.4. The fourth-order valence-electron chi connectivity index (χ4n) is 10.1. The van der Waals surface area contributed by atoms with Crippen LogP contribution in [0.4, 0.5) is 0 Å². The Morgan fingerprint density at radius 1 is 0.314 bits per heavy atom.